The summed E-state index contributed by atoms with van der Waals surface area (Å²) in [7, 11) is 0. The van der Waals surface area contributed by atoms with Gasteiger partial charge in [0.1, 0.15) is 17.7 Å². The molecular weight excluding hydrogens is 349 g/mol. The van der Waals surface area contributed by atoms with Gasteiger partial charge in [0.25, 0.3) is 0 Å². The molecule has 27 heavy (non-hydrogen) atoms. The molecule has 0 radical (unpaired) electrons. The van der Waals surface area contributed by atoms with Crippen molar-refractivity contribution in [2.45, 2.75) is 44.2 Å². The van der Waals surface area contributed by atoms with E-state index in [9.17, 15) is 9.18 Å². The van der Waals surface area contributed by atoms with Crippen LogP contribution in [0.15, 0.2) is 30.6 Å². The third kappa shape index (κ3) is 3.39. The molecule has 7 nitrogen and oxygen atoms in total. The van der Waals surface area contributed by atoms with Gasteiger partial charge in [-0.15, -0.1) is 0 Å². The van der Waals surface area contributed by atoms with Crippen molar-refractivity contribution in [1.82, 2.24) is 15.3 Å². The van der Waals surface area contributed by atoms with Gasteiger partial charge in [0.05, 0.1) is 24.1 Å². The summed E-state index contributed by atoms with van der Waals surface area (Å²) in [5, 5.41) is 5.75. The minimum Gasteiger partial charge on any atom is -0.487 e. The number of rotatable bonds is 4. The molecule has 4 N–H and O–H groups in total. The highest BCUT2D eigenvalue weighted by atomic mass is 19.1. The smallest absolute Gasteiger partial charge is 0.319 e. The minimum atomic E-state index is -0.428. The van der Waals surface area contributed by atoms with Crippen LogP contribution >= 0.6 is 0 Å². The molecule has 1 saturated carbocycles. The number of nitrogen functional groups attached to an aromatic ring is 1. The number of hydrogen-bond acceptors (Lipinski definition) is 5. The molecule has 1 aliphatic carbocycles. The number of anilines is 2. The highest BCUT2D eigenvalue weighted by molar-refractivity contribution is 5.89. The van der Waals surface area contributed by atoms with Crippen molar-refractivity contribution in [3.63, 3.8) is 0 Å². The van der Waals surface area contributed by atoms with Gasteiger partial charge in [-0.2, -0.15) is 0 Å². The van der Waals surface area contributed by atoms with E-state index in [1.54, 1.807) is 6.07 Å². The Morgan fingerprint density at radius 3 is 2.70 bits per heavy atom. The first-order valence-corrected chi connectivity index (χ1v) is 8.96. The third-order valence-corrected chi connectivity index (χ3v) is 5.28. The van der Waals surface area contributed by atoms with Crippen molar-refractivity contribution in [2.24, 2.45) is 5.92 Å². The molecule has 142 valence electrons. The Balaban J connectivity index is 1.52. The van der Waals surface area contributed by atoms with Crippen molar-refractivity contribution in [3.05, 3.63) is 42.0 Å². The average molecular weight is 371 g/mol. The van der Waals surface area contributed by atoms with Crippen LogP contribution in [-0.2, 0) is 5.41 Å². The number of hydrogen-bond donors (Lipinski definition) is 3. The number of nitrogens with zero attached hydrogens (tertiary/aromatic N) is 2. The number of nitrogens with two attached hydrogens (primary N) is 1. The van der Waals surface area contributed by atoms with E-state index < -0.39 is 5.41 Å². The average Bonchev–Trinajstić information content (AvgIpc) is 3.42. The molecule has 1 fully saturated rings. The summed E-state index contributed by atoms with van der Waals surface area (Å²) < 4.78 is 19.9. The highest BCUT2D eigenvalue weighted by Gasteiger charge is 2.50. The monoisotopic (exact) mass is 371 g/mol. The van der Waals surface area contributed by atoms with E-state index in [1.807, 2.05) is 13.8 Å². The Morgan fingerprint density at radius 2 is 2.04 bits per heavy atom. The number of nitrogens with one attached hydrogen (secondary N) is 2. The fourth-order valence-corrected chi connectivity index (χ4v) is 3.69. The summed E-state index contributed by atoms with van der Waals surface area (Å²) in [6.07, 6.45) is 4.66. The molecule has 2 aromatic rings. The SMILES string of the molecule is CC1(C)c2cc(F)ccc2OC1[C@@H](NC(=O)Nc1cnc(N)nc1)C1CC1. The van der Waals surface area contributed by atoms with Crippen LogP contribution in [0, 0.1) is 11.7 Å². The third-order valence-electron chi connectivity index (χ3n) is 5.28. The van der Waals surface area contributed by atoms with Crippen molar-refractivity contribution in [3.8, 4) is 5.75 Å². The molecule has 2 atom stereocenters. The minimum absolute atomic E-state index is 0.142. The molecule has 2 aliphatic rings. The number of ether oxygens (including phenoxy) is 1. The maximum Gasteiger partial charge on any atom is 0.319 e. The maximum atomic E-state index is 13.7. The fraction of sp³-hybridized carbons (Fsp3) is 0.421. The quantitative estimate of drug-likeness (QED) is 0.767. The van der Waals surface area contributed by atoms with Crippen LogP contribution in [0.3, 0.4) is 0 Å². The van der Waals surface area contributed by atoms with Crippen molar-refractivity contribution in [2.75, 3.05) is 11.1 Å². The van der Waals surface area contributed by atoms with E-state index in [-0.39, 0.29) is 29.9 Å². The van der Waals surface area contributed by atoms with E-state index in [0.717, 1.165) is 18.4 Å². The fourth-order valence-electron chi connectivity index (χ4n) is 3.69. The Kier molecular flexibility index (Phi) is 4.13. The first-order chi connectivity index (χ1) is 12.8. The highest BCUT2D eigenvalue weighted by Crippen LogP contribution is 2.48. The number of amides is 2. The number of urea groups is 1. The normalized spacial score (nSPS) is 21.1. The van der Waals surface area contributed by atoms with Gasteiger partial charge in [0, 0.05) is 11.0 Å². The molecule has 1 aromatic carbocycles. The molecule has 2 amide bonds. The number of halogens is 1. The molecule has 1 unspecified atom stereocenters. The van der Waals surface area contributed by atoms with Gasteiger partial charge in [-0.3, -0.25) is 0 Å². The lowest BCUT2D eigenvalue weighted by atomic mass is 9.77. The van der Waals surface area contributed by atoms with Crippen LogP contribution in [0.4, 0.5) is 20.8 Å². The first kappa shape index (κ1) is 17.5. The first-order valence-electron chi connectivity index (χ1n) is 8.96. The van der Waals surface area contributed by atoms with Gasteiger partial charge < -0.3 is 21.1 Å². The second-order valence-corrected chi connectivity index (χ2v) is 7.69. The van der Waals surface area contributed by atoms with E-state index in [1.165, 1.54) is 24.5 Å². The van der Waals surface area contributed by atoms with Crippen LogP contribution in [0.5, 0.6) is 5.75 Å². The Hall–Kier alpha value is -2.90. The summed E-state index contributed by atoms with van der Waals surface area (Å²) in [6.45, 7) is 4.04. The Bertz CT molecular complexity index is 867. The number of aromatic nitrogens is 2. The van der Waals surface area contributed by atoms with Gasteiger partial charge in [0.2, 0.25) is 5.95 Å². The zero-order chi connectivity index (χ0) is 19.2. The summed E-state index contributed by atoms with van der Waals surface area (Å²) in [5.41, 5.74) is 6.31. The van der Waals surface area contributed by atoms with E-state index in [4.69, 9.17) is 10.5 Å². The van der Waals surface area contributed by atoms with Crippen molar-refractivity contribution in [1.29, 1.82) is 0 Å². The molecule has 0 bridgehead atoms. The second-order valence-electron chi connectivity index (χ2n) is 7.69. The molecule has 0 saturated heterocycles. The number of benzene rings is 1. The van der Waals surface area contributed by atoms with Crippen LogP contribution < -0.4 is 21.1 Å². The van der Waals surface area contributed by atoms with E-state index in [0.29, 0.717) is 17.4 Å². The van der Waals surface area contributed by atoms with Crippen molar-refractivity contribution < 1.29 is 13.9 Å². The largest absolute Gasteiger partial charge is 0.487 e. The molecule has 1 aliphatic heterocycles. The molecular formula is C19H22FN5O2. The predicted molar refractivity (Wildman–Crippen MR) is 99.0 cm³/mol. The van der Waals surface area contributed by atoms with Gasteiger partial charge >= 0.3 is 6.03 Å². The van der Waals surface area contributed by atoms with Gasteiger partial charge in [-0.25, -0.2) is 19.2 Å². The van der Waals surface area contributed by atoms with Gasteiger partial charge in [0.15, 0.2) is 0 Å². The number of carbonyl (C=O) groups excluding carboxylic acids is 1. The summed E-state index contributed by atoms with van der Waals surface area (Å²) in [4.78, 5) is 20.2. The van der Waals surface area contributed by atoms with Gasteiger partial charge in [-0.1, -0.05) is 13.8 Å². The lowest BCUT2D eigenvalue weighted by molar-refractivity contribution is 0.113. The number of fused-ring (bicyclic) bond motifs is 1. The molecule has 1 aromatic heterocycles. The topological polar surface area (TPSA) is 102 Å². The molecule has 4 rings (SSSR count). The maximum absolute atomic E-state index is 13.7. The van der Waals surface area contributed by atoms with E-state index in [2.05, 4.69) is 20.6 Å². The molecule has 2 heterocycles. The molecule has 0 spiro atoms. The zero-order valence-electron chi connectivity index (χ0n) is 15.2. The standard InChI is InChI=1S/C19H22FN5O2/c1-19(2)13-7-11(20)5-6-14(13)27-16(19)15(10-3-4-10)25-18(26)24-12-8-22-17(21)23-9-12/h5-10,15-16H,3-4H2,1-2H3,(H2,21,22,23)(H2,24,25,26)/t15-,16?/m0/s1. The van der Waals surface area contributed by atoms with Crippen LogP contribution in [-0.4, -0.2) is 28.1 Å². The Morgan fingerprint density at radius 1 is 1.33 bits per heavy atom. The van der Waals surface area contributed by atoms with E-state index >= 15 is 0 Å². The van der Waals surface area contributed by atoms with Crippen LogP contribution in [0.1, 0.15) is 32.3 Å². The Labute approximate surface area is 156 Å². The van der Waals surface area contributed by atoms with Gasteiger partial charge in [-0.05, 0) is 37.0 Å². The number of carbonyl (C=O) groups is 1. The lowest BCUT2D eigenvalue weighted by Crippen LogP contribution is -2.53. The second kappa shape index (κ2) is 6.37. The zero-order valence-corrected chi connectivity index (χ0v) is 15.2. The van der Waals surface area contributed by atoms with Crippen LogP contribution in [0.2, 0.25) is 0 Å². The summed E-state index contributed by atoms with van der Waals surface area (Å²) in [6, 6.07) is 4.02. The van der Waals surface area contributed by atoms with Crippen molar-refractivity contribution >= 4 is 17.7 Å². The molecule has 8 heteroatoms. The summed E-state index contributed by atoms with van der Waals surface area (Å²) >= 11 is 0. The van der Waals surface area contributed by atoms with Crippen LogP contribution in [0.25, 0.3) is 0 Å². The lowest BCUT2D eigenvalue weighted by Gasteiger charge is -2.33. The predicted octanol–water partition coefficient (Wildman–Crippen LogP) is 2.84. The summed E-state index contributed by atoms with van der Waals surface area (Å²) in [5.74, 6) is 0.860.